The first kappa shape index (κ1) is 23.8. The highest BCUT2D eigenvalue weighted by Gasteiger charge is 2.57. The molecular formula is C35H24N8+2. The summed E-state index contributed by atoms with van der Waals surface area (Å²) in [6.07, 6.45) is 21.2. The minimum Gasteiger partial charge on any atom is -0.281 e. The van der Waals surface area contributed by atoms with E-state index in [4.69, 9.17) is 0 Å². The van der Waals surface area contributed by atoms with Gasteiger partial charge in [-0.2, -0.15) is 5.10 Å². The summed E-state index contributed by atoms with van der Waals surface area (Å²) in [5.74, 6) is 0. The van der Waals surface area contributed by atoms with Crippen molar-refractivity contribution in [2.24, 2.45) is 0 Å². The second-order valence-corrected chi connectivity index (χ2v) is 11.1. The van der Waals surface area contributed by atoms with Gasteiger partial charge in [-0.05, 0) is 75.3 Å². The number of nitrogens with one attached hydrogen (secondary N) is 1. The van der Waals surface area contributed by atoms with E-state index in [1.54, 1.807) is 0 Å². The van der Waals surface area contributed by atoms with Gasteiger partial charge in [-0.3, -0.25) is 25.0 Å². The molecule has 0 radical (unpaired) electrons. The molecule has 3 aliphatic rings. The van der Waals surface area contributed by atoms with Gasteiger partial charge in [0.1, 0.15) is 0 Å². The molecule has 0 spiro atoms. The van der Waals surface area contributed by atoms with Crippen LogP contribution in [0.15, 0.2) is 123 Å². The number of aromatic amines is 1. The van der Waals surface area contributed by atoms with E-state index in [2.05, 4.69) is 102 Å². The molecule has 0 amide bonds. The fourth-order valence-corrected chi connectivity index (χ4v) is 7.48. The predicted octanol–water partition coefficient (Wildman–Crippen LogP) is 4.94. The van der Waals surface area contributed by atoms with Crippen LogP contribution in [-0.2, 0) is 11.0 Å². The number of rotatable bonds is 4. The van der Waals surface area contributed by atoms with Gasteiger partial charge in [0.05, 0.1) is 22.2 Å². The lowest BCUT2D eigenvalue weighted by atomic mass is 9.69. The second kappa shape index (κ2) is 8.58. The number of H-pyrrole nitrogens is 1. The van der Waals surface area contributed by atoms with Crippen LogP contribution < -0.4 is 0 Å². The lowest BCUT2D eigenvalue weighted by Crippen LogP contribution is -2.38. The summed E-state index contributed by atoms with van der Waals surface area (Å²) in [4.78, 5) is 18.5. The Morgan fingerprint density at radius 3 is 1.72 bits per heavy atom. The third kappa shape index (κ3) is 2.92. The van der Waals surface area contributed by atoms with Crippen LogP contribution in [-0.4, -0.2) is 52.3 Å². The van der Waals surface area contributed by atoms with Crippen molar-refractivity contribution in [3.05, 3.63) is 162 Å². The minimum atomic E-state index is -0.756. The largest absolute Gasteiger partial charge is 0.490 e. The molecule has 0 saturated heterocycles. The van der Waals surface area contributed by atoms with Gasteiger partial charge in [0.25, 0.3) is 5.54 Å². The Balaban J connectivity index is 1.41. The maximum absolute atomic E-state index is 4.62. The van der Waals surface area contributed by atoms with E-state index < -0.39 is 11.0 Å². The predicted molar refractivity (Wildman–Crippen MR) is 159 cm³/mol. The summed E-state index contributed by atoms with van der Waals surface area (Å²) in [7, 11) is 1.99. The smallest absolute Gasteiger partial charge is 0.281 e. The fraction of sp³-hybridized carbons (Fsp3) is 0.0857. The Hall–Kier alpha value is -5.85. The molecule has 0 unspecified atom stereocenters. The van der Waals surface area contributed by atoms with Crippen LogP contribution in [0, 0.1) is 0 Å². The molecule has 0 atom stereocenters. The van der Waals surface area contributed by atoms with Crippen LogP contribution in [0.2, 0.25) is 0 Å². The Kier molecular flexibility index (Phi) is 4.75. The molecule has 2 aliphatic carbocycles. The molecule has 8 nitrogen and oxygen atoms in total. The van der Waals surface area contributed by atoms with Crippen molar-refractivity contribution in [1.82, 2.24) is 30.1 Å². The lowest BCUT2D eigenvalue weighted by molar-refractivity contribution is -0.533. The average molecular weight is 557 g/mol. The standard InChI is InChI=1S/C35H24N8/c1-42-15-16-43(22-42)35(31-20-38-12-7-27(31)28-8-13-39-21-32(28)35)24-4-2-3-23(17-24)34(33-9-14-40-41-33)29-18-36-10-5-25(29)26-6-11-37-19-30(26)34/h2-21H,1H3,(H,40,41)/q+2. The Bertz CT molecular complexity index is 2110. The normalized spacial score (nSPS) is 16.2. The summed E-state index contributed by atoms with van der Waals surface area (Å²) in [6, 6.07) is 22.8. The van der Waals surface area contributed by atoms with Crippen molar-refractivity contribution >= 4 is 6.01 Å². The number of fused-ring (bicyclic) bond motifs is 6. The molecule has 5 aromatic heterocycles. The number of hydrogen-bond donors (Lipinski definition) is 1. The highest BCUT2D eigenvalue weighted by molar-refractivity contribution is 5.86. The fourth-order valence-electron chi connectivity index (χ4n) is 7.48. The first-order chi connectivity index (χ1) is 21.2. The number of pyridine rings is 4. The number of hydrogen-bond acceptors (Lipinski definition) is 5. The molecule has 1 aliphatic heterocycles. The van der Waals surface area contributed by atoms with Gasteiger partial charge in [-0.25, -0.2) is 0 Å². The van der Waals surface area contributed by atoms with Crippen molar-refractivity contribution in [2.45, 2.75) is 11.0 Å². The van der Waals surface area contributed by atoms with Gasteiger partial charge in [0.15, 0.2) is 7.05 Å². The highest BCUT2D eigenvalue weighted by atomic mass is 15.2. The summed E-state index contributed by atoms with van der Waals surface area (Å²) in [5.41, 5.74) is 10.5. The third-order valence-electron chi connectivity index (χ3n) is 9.14. The monoisotopic (exact) mass is 556 g/mol. The topological polar surface area (TPSA) is 86.3 Å². The zero-order chi connectivity index (χ0) is 28.6. The molecule has 1 N–H and O–H groups in total. The average Bonchev–Trinajstić information content (AvgIpc) is 3.85. The molecule has 0 fully saturated rings. The maximum atomic E-state index is 4.62. The zero-order valence-electron chi connectivity index (χ0n) is 23.2. The van der Waals surface area contributed by atoms with Crippen LogP contribution in [0.4, 0.5) is 0 Å². The van der Waals surface area contributed by atoms with E-state index in [-0.39, 0.29) is 0 Å². The highest BCUT2D eigenvalue weighted by Crippen LogP contribution is 2.57. The molecule has 8 heteroatoms. The van der Waals surface area contributed by atoms with E-state index in [1.165, 1.54) is 0 Å². The first-order valence-electron chi connectivity index (χ1n) is 14.1. The second-order valence-electron chi connectivity index (χ2n) is 11.1. The summed E-state index contributed by atoms with van der Waals surface area (Å²) < 4.78 is 4.10. The molecule has 6 heterocycles. The third-order valence-corrected chi connectivity index (χ3v) is 9.14. The van der Waals surface area contributed by atoms with Crippen LogP contribution in [0.3, 0.4) is 0 Å². The van der Waals surface area contributed by atoms with Crippen LogP contribution in [0.5, 0.6) is 0 Å². The molecular weight excluding hydrogens is 532 g/mol. The number of benzene rings is 1. The molecule has 43 heavy (non-hydrogen) atoms. The van der Waals surface area contributed by atoms with Crippen molar-refractivity contribution < 1.29 is 9.15 Å². The first-order valence-corrected chi connectivity index (χ1v) is 14.1. The summed E-state index contributed by atoms with van der Waals surface area (Å²) in [5, 5.41) is 7.74. The van der Waals surface area contributed by atoms with Gasteiger partial charge < -0.3 is 0 Å². The number of aromatic nitrogens is 6. The molecule has 0 saturated carbocycles. The SMILES string of the molecule is C[N+]1=C=[N+](C2(c3cccc(C4(c5ccn[nH]5)c5cnccc5-c5ccncc54)c3)c3cnccc3-c3ccncc32)C=C1. The van der Waals surface area contributed by atoms with Crippen molar-refractivity contribution in [3.8, 4) is 22.3 Å². The van der Waals surface area contributed by atoms with E-state index in [9.17, 15) is 0 Å². The van der Waals surface area contributed by atoms with E-state index in [0.29, 0.717) is 0 Å². The molecule has 9 rings (SSSR count). The summed E-state index contributed by atoms with van der Waals surface area (Å²) >= 11 is 0. The van der Waals surface area contributed by atoms with E-state index in [0.717, 1.165) is 61.3 Å². The molecule has 1 aromatic carbocycles. The van der Waals surface area contributed by atoms with Gasteiger partial charge in [-0.15, -0.1) is 0 Å². The van der Waals surface area contributed by atoms with Crippen LogP contribution in [0.1, 0.15) is 39.1 Å². The van der Waals surface area contributed by atoms with Crippen molar-refractivity contribution in [1.29, 1.82) is 0 Å². The van der Waals surface area contributed by atoms with Crippen LogP contribution in [0.25, 0.3) is 22.3 Å². The van der Waals surface area contributed by atoms with E-state index in [1.807, 2.05) is 73.6 Å². The molecule has 0 bridgehead atoms. The Morgan fingerprint density at radius 1 is 0.628 bits per heavy atom. The summed E-state index contributed by atoms with van der Waals surface area (Å²) in [6.45, 7) is 0. The maximum Gasteiger partial charge on any atom is 0.490 e. The molecule has 202 valence electrons. The minimum absolute atomic E-state index is 0.708. The van der Waals surface area contributed by atoms with Gasteiger partial charge in [0.2, 0.25) is 12.4 Å². The number of nitrogens with zero attached hydrogens (tertiary/aromatic N) is 7. The van der Waals surface area contributed by atoms with E-state index >= 15 is 0 Å². The van der Waals surface area contributed by atoms with Crippen molar-refractivity contribution in [2.75, 3.05) is 7.05 Å². The van der Waals surface area contributed by atoms with Crippen molar-refractivity contribution in [3.63, 3.8) is 0 Å². The Morgan fingerprint density at radius 2 is 1.19 bits per heavy atom. The van der Waals surface area contributed by atoms with Gasteiger partial charge >= 0.3 is 6.01 Å². The quantitative estimate of drug-likeness (QED) is 0.311. The Labute approximate surface area is 247 Å². The zero-order valence-corrected chi connectivity index (χ0v) is 23.2. The van der Waals surface area contributed by atoms with Crippen LogP contribution >= 0.6 is 0 Å². The lowest BCUT2D eigenvalue weighted by Gasteiger charge is -2.32. The molecule has 6 aromatic rings. The van der Waals surface area contributed by atoms with Gasteiger partial charge in [-0.1, -0.05) is 27.4 Å². The van der Waals surface area contributed by atoms with Gasteiger partial charge in [0, 0.05) is 61.3 Å².